The predicted molar refractivity (Wildman–Crippen MR) is 340 cm³/mol. The number of halogens is 30. The van der Waals surface area contributed by atoms with Crippen molar-refractivity contribution in [3.8, 4) is 66.8 Å². The Morgan fingerprint density at radius 1 is 0.179 bits per heavy atom. The zero-order valence-electron chi connectivity index (χ0n) is 53.3. The van der Waals surface area contributed by atoms with Crippen LogP contribution in [0, 0.1) is 175 Å². The van der Waals surface area contributed by atoms with Crippen LogP contribution in [0.3, 0.4) is 0 Å². The van der Waals surface area contributed by atoms with Gasteiger partial charge in [0, 0.05) is 94.2 Å². The molecule has 8 nitrogen and oxygen atoms in total. The monoisotopic (exact) mass is 1590 g/mol. The molecule has 0 aliphatic carbocycles. The standard InChI is InChI=1S/C74H20F30N8/c75-43-37(44(76)56(88)67(99)55(43)87)31-19-3-1-17(105-19)29-13-15(73(111-29)35(41-51(83)63(95)71(103)64(96)52(41)84)27-11-9-25(109-27)33(23-7-5-21(31)107-23)39-47(79)59(91)69(101)60(92)48(39)80)16-14-30-18-2-4-20(106-18)32(38-45(77)57(89)68(100)58(90)46(38)78)22-6-8-24(108-22)34(40-49(81)61(93)70(102)62(94)50(40)82)26-10-12-28(110-26)36(74(16)112-30)42-53(85)65(97)72(104)66(98)54(42)86/h1-14,105,107-110,112H. The maximum Gasteiger partial charge on any atom is 0.200 e. The predicted octanol–water partition coefficient (Wildman–Crippen LogP) is 23.3. The first-order valence-corrected chi connectivity index (χ1v) is 30.9. The minimum absolute atomic E-state index is 0.488. The molecule has 14 aromatic rings. The number of aromatic nitrogens is 8. The molecule has 0 fully saturated rings. The second kappa shape index (κ2) is 25.6. The highest BCUT2D eigenvalue weighted by Gasteiger charge is 2.39. The fourth-order valence-electron chi connectivity index (χ4n) is 13.4. The minimum atomic E-state index is -2.94. The summed E-state index contributed by atoms with van der Waals surface area (Å²) in [7, 11) is 0. The molecule has 2 aliphatic heterocycles. The van der Waals surface area contributed by atoms with Gasteiger partial charge in [0.05, 0.1) is 72.7 Å². The van der Waals surface area contributed by atoms with Crippen LogP contribution in [0.1, 0.15) is 28.3 Å². The Kier molecular flexibility index (Phi) is 16.7. The molecule has 16 bridgehead atoms. The molecule has 10 heterocycles. The second-order valence-electron chi connectivity index (χ2n) is 24.4. The van der Waals surface area contributed by atoms with Crippen LogP contribution in [0.15, 0.2) is 66.7 Å². The average molecular weight is 1590 g/mol. The van der Waals surface area contributed by atoms with Gasteiger partial charge in [-0.2, -0.15) is 0 Å². The van der Waals surface area contributed by atoms with Gasteiger partial charge in [-0.05, 0) is 85.0 Å². The number of hydrogen-bond donors (Lipinski definition) is 6. The van der Waals surface area contributed by atoms with Crippen molar-refractivity contribution in [1.82, 2.24) is 39.9 Å². The van der Waals surface area contributed by atoms with Crippen molar-refractivity contribution >= 4 is 90.0 Å². The first kappa shape index (κ1) is 72.9. The fraction of sp³-hybridized carbons (Fsp3) is 0. The number of benzene rings is 6. The van der Waals surface area contributed by atoms with Crippen LogP contribution in [0.5, 0.6) is 0 Å². The second-order valence-corrected chi connectivity index (χ2v) is 24.4. The summed E-state index contributed by atoms with van der Waals surface area (Å²) in [6.45, 7) is 0. The maximum absolute atomic E-state index is 17.3. The Hall–Kier alpha value is -13.3. The lowest BCUT2D eigenvalue weighted by Gasteiger charge is -2.14. The topological polar surface area (TPSA) is 121 Å². The molecule has 566 valence electrons. The number of nitrogens with one attached hydrogen (secondary N) is 6. The lowest BCUT2D eigenvalue weighted by molar-refractivity contribution is 0.381. The zero-order chi connectivity index (χ0) is 80.2. The number of aromatic amines is 6. The van der Waals surface area contributed by atoms with Gasteiger partial charge in [0.2, 0.25) is 34.9 Å². The van der Waals surface area contributed by atoms with Crippen LogP contribution in [-0.4, -0.2) is 39.9 Å². The van der Waals surface area contributed by atoms with Crippen LogP contribution >= 0.6 is 0 Å². The summed E-state index contributed by atoms with van der Waals surface area (Å²) in [5.41, 5.74) is -39.8. The van der Waals surface area contributed by atoms with Crippen molar-refractivity contribution in [2.45, 2.75) is 0 Å². The van der Waals surface area contributed by atoms with E-state index < -0.39 is 341 Å². The van der Waals surface area contributed by atoms with E-state index in [0.717, 1.165) is 12.1 Å². The summed E-state index contributed by atoms with van der Waals surface area (Å²) in [5, 5.41) is 0. The lowest BCUT2D eigenvalue weighted by atomic mass is 9.93. The summed E-state index contributed by atoms with van der Waals surface area (Å²) >= 11 is 0. The Balaban J connectivity index is 1.17. The van der Waals surface area contributed by atoms with Crippen molar-refractivity contribution in [1.29, 1.82) is 0 Å². The minimum Gasteiger partial charge on any atom is -0.354 e. The van der Waals surface area contributed by atoms with Gasteiger partial charge >= 0.3 is 0 Å². The Labute approximate surface area is 596 Å². The molecule has 6 aromatic carbocycles. The van der Waals surface area contributed by atoms with Crippen LogP contribution in [0.2, 0.25) is 0 Å². The van der Waals surface area contributed by atoms with E-state index in [1.165, 1.54) is 0 Å². The number of H-pyrrole nitrogens is 6. The van der Waals surface area contributed by atoms with Crippen molar-refractivity contribution in [2.24, 2.45) is 0 Å². The van der Waals surface area contributed by atoms with Crippen molar-refractivity contribution < 1.29 is 132 Å². The van der Waals surface area contributed by atoms with Gasteiger partial charge < -0.3 is 29.9 Å². The summed E-state index contributed by atoms with van der Waals surface area (Å²) in [4.78, 5) is 22.7. The van der Waals surface area contributed by atoms with E-state index in [2.05, 4.69) is 39.9 Å². The van der Waals surface area contributed by atoms with Crippen LogP contribution in [-0.2, 0) is 0 Å². The smallest absolute Gasteiger partial charge is 0.200 e. The van der Waals surface area contributed by atoms with Crippen molar-refractivity contribution in [3.63, 3.8) is 0 Å². The number of nitrogens with zero attached hydrogens (tertiary/aromatic N) is 2. The van der Waals surface area contributed by atoms with Gasteiger partial charge in [-0.1, -0.05) is 0 Å². The van der Waals surface area contributed by atoms with Crippen molar-refractivity contribution in [2.75, 3.05) is 0 Å². The molecular weight excluding hydrogens is 1570 g/mol. The highest BCUT2D eigenvalue weighted by molar-refractivity contribution is 6.12. The van der Waals surface area contributed by atoms with E-state index in [4.69, 9.17) is 0 Å². The molecule has 0 amide bonds. The maximum atomic E-state index is 17.3. The molecule has 6 N–H and O–H groups in total. The number of fused-ring (bicyclic) bond motifs is 18. The van der Waals surface area contributed by atoms with Gasteiger partial charge in [-0.3, -0.25) is 0 Å². The lowest BCUT2D eigenvalue weighted by Crippen LogP contribution is -2.06. The summed E-state index contributed by atoms with van der Waals surface area (Å²) in [6, 6.07) is 6.57. The molecule has 0 unspecified atom stereocenters. The molecule has 0 saturated carbocycles. The van der Waals surface area contributed by atoms with Crippen LogP contribution in [0.4, 0.5) is 132 Å². The molecule has 8 aromatic heterocycles. The Morgan fingerprint density at radius 3 is 0.714 bits per heavy atom. The summed E-state index contributed by atoms with van der Waals surface area (Å²) in [6.07, 6.45) is 2.00. The van der Waals surface area contributed by atoms with Gasteiger partial charge in [0.15, 0.2) is 140 Å². The molecule has 0 atom stereocenters. The highest BCUT2D eigenvalue weighted by Crippen LogP contribution is 2.50. The van der Waals surface area contributed by atoms with Gasteiger partial charge in [-0.15, -0.1) is 0 Å². The average Bonchev–Trinajstić information content (AvgIpc) is 1.56. The van der Waals surface area contributed by atoms with Crippen LogP contribution in [0.25, 0.3) is 157 Å². The van der Waals surface area contributed by atoms with Crippen LogP contribution < -0.4 is 0 Å². The van der Waals surface area contributed by atoms with E-state index in [-0.39, 0.29) is 0 Å². The largest absolute Gasteiger partial charge is 0.354 e. The quantitative estimate of drug-likeness (QED) is 0.0541. The molecular formula is C74H20F30N8. The summed E-state index contributed by atoms with van der Waals surface area (Å²) < 4.78 is 481. The van der Waals surface area contributed by atoms with Crippen molar-refractivity contribution in [3.05, 3.63) is 270 Å². The van der Waals surface area contributed by atoms with E-state index in [9.17, 15) is 17.6 Å². The number of rotatable bonds is 7. The first-order valence-electron chi connectivity index (χ1n) is 30.9. The van der Waals surface area contributed by atoms with Gasteiger partial charge in [0.1, 0.15) is 0 Å². The first-order chi connectivity index (χ1) is 53.1. The zero-order valence-corrected chi connectivity index (χ0v) is 53.3. The third-order valence-corrected chi connectivity index (χ3v) is 18.4. The SMILES string of the molecule is Fc1c(F)c(F)c(-c2c3nc(c4cc(C5=Cc6nc5c(-c5c(F)c(F)c(F)c(F)c5F)c5ccc([nH]5)c(-c5c(F)c(F)c(F)c(F)c5F)c5ccc([nH]5)c(-c5c(F)c(F)c(F)c(F)c5F)c5ccc6[nH]5)c([nH]4)c(-c4c(F)c(F)c(F)c(F)c4F)c4ccc([nH]4)c(-c4c(F)c(F)c(F)c(F)c4F)c4ccc2[nH]4)C=C3)c(F)c1F. The molecule has 112 heavy (non-hydrogen) atoms. The van der Waals surface area contributed by atoms with Gasteiger partial charge in [-0.25, -0.2) is 142 Å². The molecule has 0 radical (unpaired) electrons. The molecule has 2 aliphatic rings. The third kappa shape index (κ3) is 10.3. The number of hydrogen-bond acceptors (Lipinski definition) is 2. The molecule has 0 spiro atoms. The van der Waals surface area contributed by atoms with Gasteiger partial charge in [0.25, 0.3) is 0 Å². The van der Waals surface area contributed by atoms with E-state index in [0.29, 0.717) is 72.8 Å². The van der Waals surface area contributed by atoms with E-state index in [1.807, 2.05) is 0 Å². The Bertz CT molecular complexity index is 6860. The highest BCUT2D eigenvalue weighted by atomic mass is 19.2. The molecule has 16 rings (SSSR count). The Morgan fingerprint density at radius 2 is 0.402 bits per heavy atom. The molecule has 38 heteroatoms. The summed E-state index contributed by atoms with van der Waals surface area (Å²) in [5.74, 6) is -83.5. The fourth-order valence-corrected chi connectivity index (χ4v) is 13.4. The van der Waals surface area contributed by atoms with E-state index in [1.54, 1.807) is 0 Å². The normalized spacial score (nSPS) is 12.4. The molecule has 0 saturated heterocycles. The van der Waals surface area contributed by atoms with E-state index >= 15 is 114 Å². The third-order valence-electron chi connectivity index (χ3n) is 18.4.